The van der Waals surface area contributed by atoms with E-state index in [0.717, 1.165) is 43.3 Å². The van der Waals surface area contributed by atoms with Gasteiger partial charge in [-0.1, -0.05) is 25.1 Å². The number of fused-ring (bicyclic) bond motifs is 1. The molecule has 5 heteroatoms. The summed E-state index contributed by atoms with van der Waals surface area (Å²) in [5, 5.41) is 1.16. The molecule has 27 heavy (non-hydrogen) atoms. The molecule has 0 radical (unpaired) electrons. The van der Waals surface area contributed by atoms with Crippen molar-refractivity contribution in [3.8, 4) is 0 Å². The van der Waals surface area contributed by atoms with Crippen LogP contribution in [0.4, 0.5) is 0 Å². The summed E-state index contributed by atoms with van der Waals surface area (Å²) in [6.45, 7) is 5.79. The molecule has 4 rings (SSSR count). The molecule has 2 amide bonds. The van der Waals surface area contributed by atoms with Gasteiger partial charge in [-0.15, -0.1) is 0 Å². The summed E-state index contributed by atoms with van der Waals surface area (Å²) in [4.78, 5) is 29.5. The Hall–Kier alpha value is -2.30. The maximum Gasteiger partial charge on any atom is 0.242 e. The molecular weight excluding hydrogens is 338 g/mol. The lowest BCUT2D eigenvalue weighted by Gasteiger charge is -2.37. The molecule has 0 bridgehead atoms. The molecule has 5 nitrogen and oxygen atoms in total. The zero-order valence-corrected chi connectivity index (χ0v) is 16.1. The molecule has 2 aromatic rings. The fraction of sp³-hybridized carbons (Fsp3) is 0.545. The number of aromatic nitrogens is 1. The molecule has 2 aliphatic heterocycles. The predicted octanol–water partition coefficient (Wildman–Crippen LogP) is 3.14. The van der Waals surface area contributed by atoms with E-state index in [-0.39, 0.29) is 11.8 Å². The summed E-state index contributed by atoms with van der Waals surface area (Å²) in [6.07, 6.45) is 5.92. The Bertz CT molecular complexity index is 820. The first-order valence-electron chi connectivity index (χ1n) is 10.2. The van der Waals surface area contributed by atoms with Crippen LogP contribution < -0.4 is 0 Å². The highest BCUT2D eigenvalue weighted by molar-refractivity contribution is 5.84. The minimum absolute atomic E-state index is 0.0896. The van der Waals surface area contributed by atoms with Crippen LogP contribution in [0.5, 0.6) is 0 Å². The first kappa shape index (κ1) is 18.1. The third-order valence-electron chi connectivity index (χ3n) is 6.15. The lowest BCUT2D eigenvalue weighted by atomic mass is 9.92. The summed E-state index contributed by atoms with van der Waals surface area (Å²) in [5.41, 5.74) is 1.09. The monoisotopic (exact) mass is 367 g/mol. The molecule has 0 saturated carbocycles. The third-order valence-corrected chi connectivity index (χ3v) is 6.15. The van der Waals surface area contributed by atoms with Gasteiger partial charge in [-0.2, -0.15) is 0 Å². The Labute approximate surface area is 160 Å². The van der Waals surface area contributed by atoms with Crippen molar-refractivity contribution in [2.45, 2.75) is 39.2 Å². The van der Waals surface area contributed by atoms with Crippen LogP contribution in [-0.4, -0.2) is 52.4 Å². The number of nitrogens with zero attached hydrogens (tertiary/aromatic N) is 3. The summed E-state index contributed by atoms with van der Waals surface area (Å²) in [6, 6.07) is 10.2. The van der Waals surface area contributed by atoms with E-state index in [1.54, 1.807) is 0 Å². The first-order chi connectivity index (χ1) is 13.1. The average Bonchev–Trinajstić information content (AvgIpc) is 3.10. The molecule has 1 aromatic carbocycles. The summed E-state index contributed by atoms with van der Waals surface area (Å²) in [7, 11) is 0. The normalized spacial score (nSPS) is 21.6. The Morgan fingerprint density at radius 2 is 1.78 bits per heavy atom. The van der Waals surface area contributed by atoms with E-state index in [9.17, 15) is 9.59 Å². The number of hydrogen-bond acceptors (Lipinski definition) is 2. The van der Waals surface area contributed by atoms with Gasteiger partial charge in [-0.25, -0.2) is 0 Å². The van der Waals surface area contributed by atoms with Crippen LogP contribution in [0.25, 0.3) is 10.9 Å². The molecule has 3 heterocycles. The zero-order chi connectivity index (χ0) is 18.8. The molecule has 1 aromatic heterocycles. The topological polar surface area (TPSA) is 45.6 Å². The molecule has 2 fully saturated rings. The van der Waals surface area contributed by atoms with Crippen LogP contribution in [-0.2, 0) is 16.1 Å². The van der Waals surface area contributed by atoms with Crippen LogP contribution >= 0.6 is 0 Å². The molecule has 144 valence electrons. The maximum atomic E-state index is 12.8. The van der Waals surface area contributed by atoms with Crippen LogP contribution in [0.2, 0.25) is 0 Å². The number of hydrogen-bond donors (Lipinski definition) is 0. The molecule has 2 saturated heterocycles. The Balaban J connectivity index is 1.32. The predicted molar refractivity (Wildman–Crippen MR) is 106 cm³/mol. The van der Waals surface area contributed by atoms with Gasteiger partial charge < -0.3 is 14.4 Å². The maximum absolute atomic E-state index is 12.8. The van der Waals surface area contributed by atoms with Crippen LogP contribution in [0.15, 0.2) is 36.5 Å². The van der Waals surface area contributed by atoms with E-state index in [1.807, 2.05) is 39.9 Å². The number of rotatable bonds is 3. The van der Waals surface area contributed by atoms with E-state index in [1.165, 1.54) is 6.42 Å². The van der Waals surface area contributed by atoms with Gasteiger partial charge >= 0.3 is 0 Å². The molecule has 0 N–H and O–H groups in total. The van der Waals surface area contributed by atoms with Crippen LogP contribution in [0, 0.1) is 11.8 Å². The molecule has 2 aliphatic rings. The minimum Gasteiger partial charge on any atom is -0.342 e. The van der Waals surface area contributed by atoms with Crippen molar-refractivity contribution < 1.29 is 9.59 Å². The first-order valence-corrected chi connectivity index (χ1v) is 10.2. The number of benzene rings is 1. The lowest BCUT2D eigenvalue weighted by molar-refractivity contribution is -0.142. The average molecular weight is 367 g/mol. The van der Waals surface area contributed by atoms with Crippen LogP contribution in [0.1, 0.15) is 32.6 Å². The zero-order valence-electron chi connectivity index (χ0n) is 16.1. The molecule has 0 unspecified atom stereocenters. The fourth-order valence-corrected chi connectivity index (χ4v) is 4.55. The number of amides is 2. The Morgan fingerprint density at radius 1 is 1.00 bits per heavy atom. The van der Waals surface area contributed by atoms with Crippen molar-refractivity contribution in [2.24, 2.45) is 11.8 Å². The van der Waals surface area contributed by atoms with Crippen molar-refractivity contribution in [2.75, 3.05) is 26.2 Å². The van der Waals surface area contributed by atoms with Crippen LogP contribution in [0.3, 0.4) is 0 Å². The van der Waals surface area contributed by atoms with E-state index in [0.29, 0.717) is 31.5 Å². The van der Waals surface area contributed by atoms with Gasteiger partial charge in [0.15, 0.2) is 0 Å². The molecular formula is C22H29N3O2. The molecule has 1 atom stereocenters. The smallest absolute Gasteiger partial charge is 0.242 e. The number of para-hydroxylation sites is 1. The van der Waals surface area contributed by atoms with Gasteiger partial charge in [0.1, 0.15) is 6.54 Å². The second kappa shape index (κ2) is 7.75. The van der Waals surface area contributed by atoms with Gasteiger partial charge in [-0.3, -0.25) is 9.59 Å². The van der Waals surface area contributed by atoms with E-state index in [4.69, 9.17) is 0 Å². The molecule has 0 aliphatic carbocycles. The van der Waals surface area contributed by atoms with Crippen molar-refractivity contribution >= 4 is 22.7 Å². The van der Waals surface area contributed by atoms with E-state index in [2.05, 4.69) is 17.9 Å². The number of likely N-dealkylation sites (tertiary alicyclic amines) is 2. The highest BCUT2D eigenvalue weighted by atomic mass is 16.2. The van der Waals surface area contributed by atoms with Crippen molar-refractivity contribution in [1.29, 1.82) is 0 Å². The van der Waals surface area contributed by atoms with E-state index >= 15 is 0 Å². The number of carbonyl (C=O) groups excluding carboxylic acids is 2. The second-order valence-corrected chi connectivity index (χ2v) is 8.19. The van der Waals surface area contributed by atoms with Crippen molar-refractivity contribution in [3.05, 3.63) is 36.5 Å². The number of carbonyl (C=O) groups is 2. The van der Waals surface area contributed by atoms with Crippen molar-refractivity contribution in [3.63, 3.8) is 0 Å². The largest absolute Gasteiger partial charge is 0.342 e. The standard InChI is InChI=1S/C22H29N3O2/c1-17-5-4-11-25(15-17)22(27)19-9-12-23(13-10-19)21(26)16-24-14-8-18-6-2-3-7-20(18)24/h2-3,6-8,14,17,19H,4-5,9-13,15-16H2,1H3/t17-/m1/s1. The quantitative estimate of drug-likeness (QED) is 0.837. The van der Waals surface area contributed by atoms with Gasteiger partial charge in [-0.05, 0) is 49.1 Å². The van der Waals surface area contributed by atoms with Crippen molar-refractivity contribution in [1.82, 2.24) is 14.4 Å². The van der Waals surface area contributed by atoms with E-state index < -0.39 is 0 Å². The lowest BCUT2D eigenvalue weighted by Crippen LogP contribution is -2.47. The fourth-order valence-electron chi connectivity index (χ4n) is 4.55. The summed E-state index contributed by atoms with van der Waals surface area (Å²) in [5.74, 6) is 1.16. The van der Waals surface area contributed by atoms with Gasteiger partial charge in [0.2, 0.25) is 11.8 Å². The summed E-state index contributed by atoms with van der Waals surface area (Å²) >= 11 is 0. The molecule has 0 spiro atoms. The van der Waals surface area contributed by atoms with Gasteiger partial charge in [0, 0.05) is 43.8 Å². The number of piperidine rings is 2. The van der Waals surface area contributed by atoms with Gasteiger partial charge in [0.05, 0.1) is 0 Å². The highest BCUT2D eigenvalue weighted by Gasteiger charge is 2.31. The third kappa shape index (κ3) is 3.87. The SMILES string of the molecule is C[C@@H]1CCCN(C(=O)C2CCN(C(=O)Cn3ccc4ccccc43)CC2)C1. The Kier molecular flexibility index (Phi) is 5.19. The summed E-state index contributed by atoms with van der Waals surface area (Å²) < 4.78 is 2.02. The Morgan fingerprint density at radius 3 is 2.56 bits per heavy atom. The second-order valence-electron chi connectivity index (χ2n) is 8.19. The minimum atomic E-state index is 0.0896. The van der Waals surface area contributed by atoms with Gasteiger partial charge in [0.25, 0.3) is 0 Å². The highest BCUT2D eigenvalue weighted by Crippen LogP contribution is 2.24.